The molecule has 2 unspecified atom stereocenters. The molecule has 1 saturated heterocycles. The Labute approximate surface area is 112 Å². The van der Waals surface area contributed by atoms with Gasteiger partial charge in [0, 0.05) is 19.0 Å². The van der Waals surface area contributed by atoms with Crippen LogP contribution in [0.2, 0.25) is 0 Å². The van der Waals surface area contributed by atoms with Gasteiger partial charge in [0.25, 0.3) is 0 Å². The van der Waals surface area contributed by atoms with Crippen LogP contribution in [0.4, 0.5) is 0 Å². The van der Waals surface area contributed by atoms with E-state index in [1.54, 1.807) is 0 Å². The molecule has 1 amide bonds. The maximum Gasteiger partial charge on any atom is 0.225 e. The quantitative estimate of drug-likeness (QED) is 0.845. The lowest BCUT2D eigenvalue weighted by molar-refractivity contribution is -0.138. The molecule has 0 aromatic heterocycles. The molecule has 0 aromatic carbocycles. The van der Waals surface area contributed by atoms with Crippen molar-refractivity contribution in [1.29, 1.82) is 0 Å². The van der Waals surface area contributed by atoms with Crippen LogP contribution in [0.15, 0.2) is 0 Å². The second-order valence-electron chi connectivity index (χ2n) is 5.40. The first-order chi connectivity index (χ1) is 7.56. The van der Waals surface area contributed by atoms with Crippen molar-refractivity contribution in [2.75, 3.05) is 19.6 Å². The molecule has 2 N–H and O–H groups in total. The van der Waals surface area contributed by atoms with E-state index in [4.69, 9.17) is 5.73 Å². The molecular weight excluding hydrogens is 236 g/mol. The molecule has 0 bridgehead atoms. The molecule has 0 radical (unpaired) electrons. The van der Waals surface area contributed by atoms with E-state index in [0.717, 1.165) is 32.5 Å². The van der Waals surface area contributed by atoms with E-state index in [2.05, 4.69) is 18.7 Å². The zero-order valence-electron chi connectivity index (χ0n) is 11.3. The van der Waals surface area contributed by atoms with Crippen LogP contribution in [-0.2, 0) is 4.79 Å². The minimum absolute atomic E-state index is 0. The van der Waals surface area contributed by atoms with Gasteiger partial charge in [-0.25, -0.2) is 0 Å². The van der Waals surface area contributed by atoms with Gasteiger partial charge in [0.2, 0.25) is 5.91 Å². The summed E-state index contributed by atoms with van der Waals surface area (Å²) in [6.45, 7) is 8.88. The Hall–Kier alpha value is -0.280. The van der Waals surface area contributed by atoms with E-state index >= 15 is 0 Å². The van der Waals surface area contributed by atoms with Crippen molar-refractivity contribution in [2.24, 2.45) is 23.5 Å². The summed E-state index contributed by atoms with van der Waals surface area (Å²) in [5.41, 5.74) is 5.59. The Kier molecular flexibility index (Phi) is 7.80. The van der Waals surface area contributed by atoms with Crippen molar-refractivity contribution in [2.45, 2.75) is 40.0 Å². The third-order valence-corrected chi connectivity index (χ3v) is 3.80. The number of amides is 1. The molecule has 4 heteroatoms. The minimum Gasteiger partial charge on any atom is -0.342 e. The number of nitrogens with two attached hydrogens (primary N) is 1. The maximum absolute atomic E-state index is 12.2. The standard InChI is InChI=1S/C13H26N2O.ClH/c1-10(2)11(3)13(16)15-8-4-5-12(9-15)6-7-14;/h10-12H,4-9,14H2,1-3H3;1H. The number of rotatable bonds is 4. The van der Waals surface area contributed by atoms with E-state index in [0.29, 0.717) is 17.7 Å². The lowest BCUT2D eigenvalue weighted by atomic mass is 9.91. The van der Waals surface area contributed by atoms with Crippen molar-refractivity contribution in [3.63, 3.8) is 0 Å². The molecule has 0 aromatic rings. The molecule has 1 fully saturated rings. The zero-order valence-corrected chi connectivity index (χ0v) is 12.1. The van der Waals surface area contributed by atoms with E-state index in [1.165, 1.54) is 6.42 Å². The van der Waals surface area contributed by atoms with Crippen LogP contribution in [0.25, 0.3) is 0 Å². The summed E-state index contributed by atoms with van der Waals surface area (Å²) < 4.78 is 0. The smallest absolute Gasteiger partial charge is 0.225 e. The zero-order chi connectivity index (χ0) is 12.1. The Morgan fingerprint density at radius 3 is 2.59 bits per heavy atom. The molecule has 3 nitrogen and oxygen atoms in total. The van der Waals surface area contributed by atoms with Crippen LogP contribution in [0, 0.1) is 17.8 Å². The molecule has 1 aliphatic heterocycles. The third-order valence-electron chi connectivity index (χ3n) is 3.80. The van der Waals surface area contributed by atoms with Crippen molar-refractivity contribution >= 4 is 18.3 Å². The Morgan fingerprint density at radius 1 is 1.41 bits per heavy atom. The molecule has 17 heavy (non-hydrogen) atoms. The highest BCUT2D eigenvalue weighted by Crippen LogP contribution is 2.22. The predicted molar refractivity (Wildman–Crippen MR) is 74.2 cm³/mol. The van der Waals surface area contributed by atoms with Crippen molar-refractivity contribution in [1.82, 2.24) is 4.90 Å². The van der Waals surface area contributed by atoms with Crippen LogP contribution in [0.3, 0.4) is 0 Å². The van der Waals surface area contributed by atoms with Gasteiger partial charge in [-0.1, -0.05) is 20.8 Å². The van der Waals surface area contributed by atoms with Gasteiger partial charge >= 0.3 is 0 Å². The minimum atomic E-state index is 0. The third kappa shape index (κ3) is 4.84. The molecule has 1 heterocycles. The molecule has 1 rings (SSSR count). The van der Waals surface area contributed by atoms with Gasteiger partial charge in [0.05, 0.1) is 0 Å². The van der Waals surface area contributed by atoms with Crippen LogP contribution in [0.5, 0.6) is 0 Å². The number of hydrogen-bond acceptors (Lipinski definition) is 2. The number of piperidine rings is 1. The highest BCUT2D eigenvalue weighted by molar-refractivity contribution is 5.85. The molecular formula is C13H27ClN2O. The van der Waals surface area contributed by atoms with Gasteiger partial charge in [-0.15, -0.1) is 12.4 Å². The van der Waals surface area contributed by atoms with E-state index in [-0.39, 0.29) is 18.3 Å². The molecule has 0 aliphatic carbocycles. The number of hydrogen-bond donors (Lipinski definition) is 1. The normalized spacial score (nSPS) is 22.2. The summed E-state index contributed by atoms with van der Waals surface area (Å²) in [7, 11) is 0. The SMILES string of the molecule is CC(C)C(C)C(=O)N1CCCC(CCN)C1.Cl. The predicted octanol–water partition coefficient (Wildman–Crippen LogP) is 2.29. The van der Waals surface area contributed by atoms with Crippen LogP contribution < -0.4 is 5.73 Å². The van der Waals surface area contributed by atoms with Gasteiger partial charge in [-0.3, -0.25) is 4.79 Å². The summed E-state index contributed by atoms with van der Waals surface area (Å²) in [6.07, 6.45) is 3.43. The Bertz CT molecular complexity index is 231. The maximum atomic E-state index is 12.2. The van der Waals surface area contributed by atoms with Crippen molar-refractivity contribution in [3.8, 4) is 0 Å². The topological polar surface area (TPSA) is 46.3 Å². The van der Waals surface area contributed by atoms with Gasteiger partial charge in [-0.05, 0) is 37.6 Å². The first-order valence-electron chi connectivity index (χ1n) is 6.55. The summed E-state index contributed by atoms with van der Waals surface area (Å²) in [5, 5.41) is 0. The highest BCUT2D eigenvalue weighted by atomic mass is 35.5. The van der Waals surface area contributed by atoms with E-state index < -0.39 is 0 Å². The monoisotopic (exact) mass is 262 g/mol. The summed E-state index contributed by atoms with van der Waals surface area (Å²) >= 11 is 0. The first-order valence-corrected chi connectivity index (χ1v) is 6.55. The van der Waals surface area contributed by atoms with Crippen LogP contribution in [0.1, 0.15) is 40.0 Å². The van der Waals surface area contributed by atoms with Gasteiger partial charge in [0.1, 0.15) is 0 Å². The fraction of sp³-hybridized carbons (Fsp3) is 0.923. The van der Waals surface area contributed by atoms with E-state index in [9.17, 15) is 4.79 Å². The number of carbonyl (C=O) groups is 1. The van der Waals surface area contributed by atoms with Gasteiger partial charge < -0.3 is 10.6 Å². The summed E-state index contributed by atoms with van der Waals surface area (Å²) in [6, 6.07) is 0. The first kappa shape index (κ1) is 16.7. The largest absolute Gasteiger partial charge is 0.342 e. The fourth-order valence-electron chi connectivity index (χ4n) is 2.31. The van der Waals surface area contributed by atoms with Crippen LogP contribution >= 0.6 is 12.4 Å². The van der Waals surface area contributed by atoms with E-state index in [1.807, 2.05) is 6.92 Å². The molecule has 1 aliphatic rings. The summed E-state index contributed by atoms with van der Waals surface area (Å²) in [5.74, 6) is 1.54. The highest BCUT2D eigenvalue weighted by Gasteiger charge is 2.27. The molecule has 0 saturated carbocycles. The molecule has 102 valence electrons. The number of halogens is 1. The second kappa shape index (κ2) is 7.93. The number of nitrogens with zero attached hydrogens (tertiary/aromatic N) is 1. The van der Waals surface area contributed by atoms with Crippen molar-refractivity contribution in [3.05, 3.63) is 0 Å². The van der Waals surface area contributed by atoms with Crippen molar-refractivity contribution < 1.29 is 4.79 Å². The fourth-order valence-corrected chi connectivity index (χ4v) is 2.31. The average Bonchev–Trinajstić information content (AvgIpc) is 2.28. The Balaban J connectivity index is 0.00000256. The second-order valence-corrected chi connectivity index (χ2v) is 5.40. The average molecular weight is 263 g/mol. The van der Waals surface area contributed by atoms with Gasteiger partial charge in [0.15, 0.2) is 0 Å². The lowest BCUT2D eigenvalue weighted by Crippen LogP contribution is -2.43. The molecule has 2 atom stereocenters. The molecule has 0 spiro atoms. The van der Waals surface area contributed by atoms with Crippen LogP contribution in [-0.4, -0.2) is 30.4 Å². The van der Waals surface area contributed by atoms with Gasteiger partial charge in [-0.2, -0.15) is 0 Å². The number of likely N-dealkylation sites (tertiary alicyclic amines) is 1. The summed E-state index contributed by atoms with van der Waals surface area (Å²) in [4.78, 5) is 14.2. The lowest BCUT2D eigenvalue weighted by Gasteiger charge is -2.35. The Morgan fingerprint density at radius 2 is 2.06 bits per heavy atom. The number of carbonyl (C=O) groups excluding carboxylic acids is 1.